The Bertz CT molecular complexity index is 996. The second-order valence-corrected chi connectivity index (χ2v) is 15.8. The molecule has 8 nitrogen and oxygen atoms in total. The first-order valence-corrected chi connectivity index (χ1v) is 15.9. The molecule has 0 unspecified atom stereocenters. The molecule has 1 aliphatic rings. The summed E-state index contributed by atoms with van der Waals surface area (Å²) in [7, 11) is 1.54. The zero-order valence-electron chi connectivity index (χ0n) is 21.5. The highest BCUT2D eigenvalue weighted by Crippen LogP contribution is 2.52. The topological polar surface area (TPSA) is 89.5 Å². The van der Waals surface area contributed by atoms with Gasteiger partial charge < -0.3 is 28.4 Å². The van der Waals surface area contributed by atoms with Gasteiger partial charge >= 0.3 is 5.97 Å². The van der Waals surface area contributed by atoms with Crippen LogP contribution in [0.5, 0.6) is 11.5 Å². The van der Waals surface area contributed by atoms with Gasteiger partial charge in [0.15, 0.2) is 19.4 Å². The highest BCUT2D eigenvalue weighted by atomic mass is 79.9. The number of hydrogen-bond donors (Lipinski definition) is 0. The van der Waals surface area contributed by atoms with E-state index >= 15 is 0 Å². The minimum Gasteiger partial charge on any atom is -0.488 e. The standard InChI is InChI=1S/C25H35BrO8Si/c1-9-10-31-23-16(3)21(27)20(26)18-19(23)24(34-14-30-5)17(15(2)22(18)33-13-29-4)25(28)32-11-12-35(6,7)8/h9,20H,1,10-14H2,2-8H3/t20-/m1/s1. The quantitative estimate of drug-likeness (QED) is 0.102. The molecule has 1 aliphatic carbocycles. The third kappa shape index (κ3) is 6.75. The minimum absolute atomic E-state index is 0.0882. The van der Waals surface area contributed by atoms with Crippen LogP contribution in [0.3, 0.4) is 0 Å². The molecule has 0 heterocycles. The van der Waals surface area contributed by atoms with E-state index in [0.717, 1.165) is 6.04 Å². The number of esters is 1. The smallest absolute Gasteiger partial charge is 0.342 e. The summed E-state index contributed by atoms with van der Waals surface area (Å²) in [5.74, 6) is 0.0656. The van der Waals surface area contributed by atoms with Gasteiger partial charge in [0, 0.05) is 39.0 Å². The Morgan fingerprint density at radius 1 is 1.06 bits per heavy atom. The van der Waals surface area contributed by atoms with Crippen LogP contribution in [0, 0.1) is 6.92 Å². The molecule has 0 saturated carbocycles. The molecule has 1 aromatic carbocycles. The molecule has 0 bridgehead atoms. The Morgan fingerprint density at radius 2 is 1.66 bits per heavy atom. The Hall–Kier alpha value is -2.14. The summed E-state index contributed by atoms with van der Waals surface area (Å²) in [6, 6.07) is 0.814. The maximum absolute atomic E-state index is 13.4. The third-order valence-corrected chi connectivity index (χ3v) is 7.96. The molecule has 2 rings (SSSR count). The highest BCUT2D eigenvalue weighted by molar-refractivity contribution is 9.09. The SMILES string of the molecule is C=CCOC1=C(C)C(=O)[C@H](Br)c2c(OCOC)c(C)c(C(=O)OCC[Si](C)(C)C)c(OCOC)c21. The first-order chi connectivity index (χ1) is 16.5. The summed E-state index contributed by atoms with van der Waals surface area (Å²) in [5.41, 5.74) is 1.94. The Kier molecular flexibility index (Phi) is 10.6. The second kappa shape index (κ2) is 12.7. The van der Waals surface area contributed by atoms with Crippen molar-refractivity contribution in [3.05, 3.63) is 40.5 Å². The first kappa shape index (κ1) is 29.1. The van der Waals surface area contributed by atoms with Crippen LogP contribution in [0.1, 0.15) is 38.8 Å². The van der Waals surface area contributed by atoms with Gasteiger partial charge in [-0.05, 0) is 19.9 Å². The summed E-state index contributed by atoms with van der Waals surface area (Å²) >= 11 is 3.51. The maximum Gasteiger partial charge on any atom is 0.342 e. The van der Waals surface area contributed by atoms with Crippen LogP contribution in [-0.4, -0.2) is 60.8 Å². The number of methoxy groups -OCH3 is 2. The predicted molar refractivity (Wildman–Crippen MR) is 140 cm³/mol. The number of ketones is 1. The zero-order chi connectivity index (χ0) is 26.3. The van der Waals surface area contributed by atoms with E-state index in [1.54, 1.807) is 19.9 Å². The van der Waals surface area contributed by atoms with Crippen molar-refractivity contribution < 1.29 is 38.0 Å². The number of fused-ring (bicyclic) bond motifs is 1. The van der Waals surface area contributed by atoms with E-state index in [0.29, 0.717) is 28.0 Å². The van der Waals surface area contributed by atoms with Crippen LogP contribution < -0.4 is 9.47 Å². The lowest BCUT2D eigenvalue weighted by Crippen LogP contribution is -2.25. The monoisotopic (exact) mass is 570 g/mol. The summed E-state index contributed by atoms with van der Waals surface area (Å²) in [6.07, 6.45) is 1.57. The second-order valence-electron chi connectivity index (χ2n) is 9.28. The fourth-order valence-electron chi connectivity index (χ4n) is 3.59. The molecule has 0 radical (unpaired) electrons. The molecule has 1 aromatic rings. The van der Waals surface area contributed by atoms with Crippen molar-refractivity contribution >= 4 is 41.5 Å². The van der Waals surface area contributed by atoms with Crippen molar-refractivity contribution in [2.24, 2.45) is 0 Å². The molecule has 10 heteroatoms. The van der Waals surface area contributed by atoms with Crippen molar-refractivity contribution in [3.8, 4) is 11.5 Å². The van der Waals surface area contributed by atoms with Crippen LogP contribution in [0.2, 0.25) is 25.7 Å². The van der Waals surface area contributed by atoms with E-state index in [1.807, 2.05) is 0 Å². The average molecular weight is 572 g/mol. The lowest BCUT2D eigenvalue weighted by molar-refractivity contribution is -0.115. The molecule has 0 saturated heterocycles. The lowest BCUT2D eigenvalue weighted by Gasteiger charge is -2.30. The van der Waals surface area contributed by atoms with Crippen LogP contribution in [0.4, 0.5) is 0 Å². The summed E-state index contributed by atoms with van der Waals surface area (Å²) in [5, 5.41) is 0. The van der Waals surface area contributed by atoms with Crippen LogP contribution in [-0.2, 0) is 23.7 Å². The molecule has 35 heavy (non-hydrogen) atoms. The van der Waals surface area contributed by atoms with Crippen LogP contribution >= 0.6 is 15.9 Å². The molecule has 0 fully saturated rings. The molecular formula is C25H35BrO8Si. The van der Waals surface area contributed by atoms with Gasteiger partial charge in [0.1, 0.15) is 34.3 Å². The molecule has 0 spiro atoms. The van der Waals surface area contributed by atoms with Crippen LogP contribution in [0.25, 0.3) is 5.76 Å². The van der Waals surface area contributed by atoms with Gasteiger partial charge in [0.05, 0.1) is 12.2 Å². The van der Waals surface area contributed by atoms with Gasteiger partial charge in [-0.2, -0.15) is 0 Å². The van der Waals surface area contributed by atoms with Gasteiger partial charge in [0.25, 0.3) is 0 Å². The fraction of sp³-hybridized carbons (Fsp3) is 0.520. The Labute approximate surface area is 216 Å². The number of carbonyl (C=O) groups is 2. The van der Waals surface area contributed by atoms with E-state index in [-0.39, 0.29) is 49.7 Å². The molecule has 0 amide bonds. The van der Waals surface area contributed by atoms with Crippen molar-refractivity contribution in [2.45, 2.75) is 44.4 Å². The summed E-state index contributed by atoms with van der Waals surface area (Å²) in [4.78, 5) is 25.8. The number of Topliss-reactive ketones (excluding diaryl/α,β-unsaturated/α-hetero) is 1. The number of rotatable bonds is 13. The number of ether oxygens (including phenoxy) is 6. The minimum atomic E-state index is -1.43. The predicted octanol–water partition coefficient (Wildman–Crippen LogP) is 5.41. The van der Waals surface area contributed by atoms with E-state index in [2.05, 4.69) is 42.1 Å². The Balaban J connectivity index is 2.84. The number of alkyl halides is 1. The van der Waals surface area contributed by atoms with E-state index in [1.165, 1.54) is 14.2 Å². The largest absolute Gasteiger partial charge is 0.488 e. The van der Waals surface area contributed by atoms with Crippen molar-refractivity contribution in [2.75, 3.05) is 41.0 Å². The fourth-order valence-corrected chi connectivity index (χ4v) is 5.09. The van der Waals surface area contributed by atoms with Gasteiger partial charge in [-0.15, -0.1) is 0 Å². The van der Waals surface area contributed by atoms with Crippen molar-refractivity contribution in [1.82, 2.24) is 0 Å². The van der Waals surface area contributed by atoms with Crippen LogP contribution in [0.15, 0.2) is 18.2 Å². The summed E-state index contributed by atoms with van der Waals surface area (Å²) < 4.78 is 33.8. The highest BCUT2D eigenvalue weighted by Gasteiger charge is 2.41. The third-order valence-electron chi connectivity index (χ3n) is 5.38. The van der Waals surface area contributed by atoms with E-state index in [9.17, 15) is 9.59 Å². The number of benzene rings is 1. The first-order valence-electron chi connectivity index (χ1n) is 11.2. The molecule has 0 aliphatic heterocycles. The van der Waals surface area contributed by atoms with Gasteiger partial charge in [-0.3, -0.25) is 4.79 Å². The van der Waals surface area contributed by atoms with Gasteiger partial charge in [-0.1, -0.05) is 48.2 Å². The molecule has 0 N–H and O–H groups in total. The Morgan fingerprint density at radius 3 is 2.20 bits per heavy atom. The number of hydrogen-bond acceptors (Lipinski definition) is 8. The number of carbonyl (C=O) groups excluding carboxylic acids is 2. The molecular weight excluding hydrogens is 536 g/mol. The summed E-state index contributed by atoms with van der Waals surface area (Å²) in [6.45, 7) is 13.9. The molecule has 194 valence electrons. The van der Waals surface area contributed by atoms with E-state index in [4.69, 9.17) is 28.4 Å². The van der Waals surface area contributed by atoms with Crippen molar-refractivity contribution in [3.63, 3.8) is 0 Å². The average Bonchev–Trinajstić information content (AvgIpc) is 2.79. The van der Waals surface area contributed by atoms with Gasteiger partial charge in [0.2, 0.25) is 0 Å². The molecule has 0 aromatic heterocycles. The number of halogens is 1. The zero-order valence-corrected chi connectivity index (χ0v) is 24.1. The lowest BCUT2D eigenvalue weighted by atomic mass is 9.85. The van der Waals surface area contributed by atoms with Gasteiger partial charge in [-0.25, -0.2) is 4.79 Å². The molecule has 1 atom stereocenters. The number of allylic oxidation sites excluding steroid dienone is 1. The normalized spacial score (nSPS) is 15.5. The van der Waals surface area contributed by atoms with Crippen molar-refractivity contribution in [1.29, 1.82) is 0 Å². The van der Waals surface area contributed by atoms with E-state index < -0.39 is 18.9 Å². The maximum atomic E-state index is 13.4.